The first-order valence-electron chi connectivity index (χ1n) is 11.2. The predicted octanol–water partition coefficient (Wildman–Crippen LogP) is 4.46. The van der Waals surface area contributed by atoms with Gasteiger partial charge in [-0.05, 0) is 30.5 Å². The van der Waals surface area contributed by atoms with Crippen LogP contribution in [0.4, 0.5) is 14.6 Å². The number of benzene rings is 1. The molecule has 10 heteroatoms. The number of alkyl halides is 2. The molecule has 0 aliphatic carbocycles. The topological polar surface area (TPSA) is 89.7 Å². The van der Waals surface area contributed by atoms with Crippen molar-refractivity contribution in [2.75, 3.05) is 11.9 Å². The third-order valence-electron chi connectivity index (χ3n) is 5.74. The number of halogens is 2. The molecular formula is C25H27F2N7O. The van der Waals surface area contributed by atoms with Gasteiger partial charge in [-0.25, -0.2) is 9.67 Å². The van der Waals surface area contributed by atoms with Crippen LogP contribution in [-0.2, 0) is 11.8 Å². The first-order valence-corrected chi connectivity index (χ1v) is 11.2. The molecule has 0 bridgehead atoms. The van der Waals surface area contributed by atoms with Gasteiger partial charge in [0, 0.05) is 48.9 Å². The Morgan fingerprint density at radius 1 is 0.971 bits per heavy atom. The fourth-order valence-corrected chi connectivity index (χ4v) is 3.69. The van der Waals surface area contributed by atoms with Crippen LogP contribution >= 0.6 is 0 Å². The van der Waals surface area contributed by atoms with Crippen molar-refractivity contribution < 1.29 is 13.6 Å². The van der Waals surface area contributed by atoms with Crippen molar-refractivity contribution in [3.8, 4) is 11.1 Å². The number of aromatic nitrogens is 5. The van der Waals surface area contributed by atoms with Gasteiger partial charge >= 0.3 is 6.55 Å². The molecule has 0 fully saturated rings. The van der Waals surface area contributed by atoms with E-state index in [0.29, 0.717) is 28.2 Å². The number of amides is 1. The largest absolute Gasteiger partial charge is 0.333 e. The van der Waals surface area contributed by atoms with E-state index < -0.39 is 12.6 Å². The van der Waals surface area contributed by atoms with E-state index in [9.17, 15) is 13.6 Å². The SMILES string of the molecule is Cc1ccc(C(C)CN[C@H](C(=O)Nc2ccc(-c3cnn(C(F)F)c3)cn2)c2cnn(C)c2)cc1. The van der Waals surface area contributed by atoms with E-state index in [4.69, 9.17) is 0 Å². The maximum Gasteiger partial charge on any atom is 0.333 e. The highest BCUT2D eigenvalue weighted by molar-refractivity contribution is 5.94. The Bertz CT molecular complexity index is 1270. The first kappa shape index (κ1) is 24.2. The summed E-state index contributed by atoms with van der Waals surface area (Å²) in [6.45, 7) is 2.02. The number of carbonyl (C=O) groups is 1. The summed E-state index contributed by atoms with van der Waals surface area (Å²) in [4.78, 5) is 17.5. The van der Waals surface area contributed by atoms with Crippen molar-refractivity contribution in [3.05, 3.63) is 84.1 Å². The van der Waals surface area contributed by atoms with Gasteiger partial charge in [0.2, 0.25) is 5.91 Å². The number of nitrogens with zero attached hydrogens (tertiary/aromatic N) is 5. The van der Waals surface area contributed by atoms with Gasteiger partial charge in [0.05, 0.1) is 12.4 Å². The average Bonchev–Trinajstić information content (AvgIpc) is 3.50. The van der Waals surface area contributed by atoms with Crippen molar-refractivity contribution in [3.63, 3.8) is 0 Å². The van der Waals surface area contributed by atoms with Crippen molar-refractivity contribution in [1.82, 2.24) is 29.9 Å². The lowest BCUT2D eigenvalue weighted by Crippen LogP contribution is -2.35. The van der Waals surface area contributed by atoms with Crippen LogP contribution in [-0.4, -0.2) is 37.0 Å². The van der Waals surface area contributed by atoms with Crippen LogP contribution in [0.1, 0.15) is 42.1 Å². The zero-order chi connectivity index (χ0) is 24.9. The van der Waals surface area contributed by atoms with E-state index in [1.165, 1.54) is 29.7 Å². The van der Waals surface area contributed by atoms with Crippen LogP contribution in [0.5, 0.6) is 0 Å². The van der Waals surface area contributed by atoms with Crippen LogP contribution in [0.15, 0.2) is 67.4 Å². The lowest BCUT2D eigenvalue weighted by atomic mass is 9.99. The Labute approximate surface area is 202 Å². The van der Waals surface area contributed by atoms with E-state index in [0.717, 1.165) is 5.56 Å². The summed E-state index contributed by atoms with van der Waals surface area (Å²) >= 11 is 0. The molecule has 0 radical (unpaired) electrons. The smallest absolute Gasteiger partial charge is 0.309 e. The van der Waals surface area contributed by atoms with Crippen molar-refractivity contribution in [2.45, 2.75) is 32.4 Å². The minimum Gasteiger partial charge on any atom is -0.309 e. The molecule has 0 aliphatic heterocycles. The van der Waals surface area contributed by atoms with Gasteiger partial charge in [0.15, 0.2) is 0 Å². The highest BCUT2D eigenvalue weighted by Gasteiger charge is 2.23. The van der Waals surface area contributed by atoms with Gasteiger partial charge in [0.25, 0.3) is 0 Å². The monoisotopic (exact) mass is 479 g/mol. The second-order valence-corrected chi connectivity index (χ2v) is 8.51. The number of anilines is 1. The van der Waals surface area contributed by atoms with E-state index in [1.807, 2.05) is 6.92 Å². The average molecular weight is 480 g/mol. The number of carbonyl (C=O) groups excluding carboxylic acids is 1. The predicted molar refractivity (Wildman–Crippen MR) is 129 cm³/mol. The maximum atomic E-state index is 13.2. The first-order chi connectivity index (χ1) is 16.8. The lowest BCUT2D eigenvalue weighted by Gasteiger charge is -2.20. The third kappa shape index (κ3) is 5.96. The standard InChI is InChI=1S/C25H27F2N7O/c1-16-4-6-18(7-5-16)17(2)10-29-23(21-13-30-33(3)14-21)24(35)32-22-9-8-19(11-28-22)20-12-31-34(15-20)25(26)27/h4-9,11-15,17,23,25,29H,10H2,1-3H3,(H,28,32,35)/t17?,23-/m0/s1. The summed E-state index contributed by atoms with van der Waals surface area (Å²) in [7, 11) is 1.80. The maximum absolute atomic E-state index is 13.2. The number of aryl methyl sites for hydroxylation is 2. The molecule has 2 atom stereocenters. The molecular weight excluding hydrogens is 452 g/mol. The summed E-state index contributed by atoms with van der Waals surface area (Å²) < 4.78 is 27.8. The highest BCUT2D eigenvalue weighted by Crippen LogP contribution is 2.23. The molecule has 1 amide bonds. The van der Waals surface area contributed by atoms with Gasteiger partial charge in [0.1, 0.15) is 11.9 Å². The zero-order valence-electron chi connectivity index (χ0n) is 19.7. The van der Waals surface area contributed by atoms with Crippen molar-refractivity contribution in [1.29, 1.82) is 0 Å². The quantitative estimate of drug-likeness (QED) is 0.370. The van der Waals surface area contributed by atoms with Gasteiger partial charge in [-0.15, -0.1) is 0 Å². The van der Waals surface area contributed by atoms with Gasteiger partial charge in [-0.3, -0.25) is 9.48 Å². The second-order valence-electron chi connectivity index (χ2n) is 8.51. The van der Waals surface area contributed by atoms with Crippen molar-refractivity contribution >= 4 is 11.7 Å². The molecule has 8 nitrogen and oxygen atoms in total. The normalized spacial score (nSPS) is 13.1. The van der Waals surface area contributed by atoms with Crippen LogP contribution in [0.2, 0.25) is 0 Å². The number of hydrogen-bond donors (Lipinski definition) is 2. The Morgan fingerprint density at radius 2 is 1.74 bits per heavy atom. The Morgan fingerprint density at radius 3 is 2.34 bits per heavy atom. The minimum atomic E-state index is -2.71. The van der Waals surface area contributed by atoms with Gasteiger partial charge in [-0.1, -0.05) is 36.8 Å². The summed E-state index contributed by atoms with van der Waals surface area (Å²) in [5.74, 6) is 0.260. The van der Waals surface area contributed by atoms with E-state index in [2.05, 4.69) is 57.0 Å². The Balaban J connectivity index is 1.45. The van der Waals surface area contributed by atoms with E-state index in [1.54, 1.807) is 36.3 Å². The molecule has 0 saturated carbocycles. The fourth-order valence-electron chi connectivity index (χ4n) is 3.69. The number of pyridine rings is 1. The zero-order valence-corrected chi connectivity index (χ0v) is 19.7. The lowest BCUT2D eigenvalue weighted by molar-refractivity contribution is -0.118. The molecule has 0 spiro atoms. The number of rotatable bonds is 9. The summed E-state index contributed by atoms with van der Waals surface area (Å²) in [5, 5.41) is 14.0. The number of nitrogens with one attached hydrogen (secondary N) is 2. The second kappa shape index (κ2) is 10.6. The highest BCUT2D eigenvalue weighted by atomic mass is 19.3. The van der Waals surface area contributed by atoms with Crippen LogP contribution in [0, 0.1) is 6.92 Å². The molecule has 1 unspecified atom stereocenters. The molecule has 1 aromatic carbocycles. The summed E-state index contributed by atoms with van der Waals surface area (Å²) in [6, 6.07) is 11.0. The number of hydrogen-bond acceptors (Lipinski definition) is 5. The Hall–Kier alpha value is -3.92. The molecule has 182 valence electrons. The molecule has 0 aliphatic rings. The summed E-state index contributed by atoms with van der Waals surface area (Å²) in [6.07, 6.45) is 7.56. The fraction of sp³-hybridized carbons (Fsp3) is 0.280. The Kier molecular flexibility index (Phi) is 7.31. The molecule has 35 heavy (non-hydrogen) atoms. The molecule has 3 heterocycles. The van der Waals surface area contributed by atoms with Gasteiger partial charge in [-0.2, -0.15) is 19.0 Å². The molecule has 4 rings (SSSR count). The van der Waals surface area contributed by atoms with E-state index in [-0.39, 0.29) is 11.8 Å². The molecule has 0 saturated heterocycles. The van der Waals surface area contributed by atoms with Crippen LogP contribution < -0.4 is 10.6 Å². The molecule has 4 aromatic rings. The van der Waals surface area contributed by atoms with Crippen LogP contribution in [0.25, 0.3) is 11.1 Å². The summed E-state index contributed by atoms with van der Waals surface area (Å²) in [5.41, 5.74) is 4.24. The van der Waals surface area contributed by atoms with Crippen LogP contribution in [0.3, 0.4) is 0 Å². The van der Waals surface area contributed by atoms with Crippen molar-refractivity contribution in [2.24, 2.45) is 7.05 Å². The minimum absolute atomic E-state index is 0.189. The van der Waals surface area contributed by atoms with E-state index >= 15 is 0 Å². The third-order valence-corrected chi connectivity index (χ3v) is 5.74. The van der Waals surface area contributed by atoms with Gasteiger partial charge < -0.3 is 10.6 Å². The molecule has 3 aromatic heterocycles. The molecule has 2 N–H and O–H groups in total.